The van der Waals surface area contributed by atoms with E-state index >= 15 is 0 Å². The van der Waals surface area contributed by atoms with Crippen molar-refractivity contribution in [2.45, 2.75) is 109 Å². The Morgan fingerprint density at radius 3 is 1.67 bits per heavy atom. The van der Waals surface area contributed by atoms with E-state index in [2.05, 4.69) is 44.2 Å². The van der Waals surface area contributed by atoms with E-state index in [1.807, 2.05) is 0 Å². The zero-order valence-electron chi connectivity index (χ0n) is 19.7. The SMILES string of the molecule is CCOC1CCC(C2CCC(C3CCC(C[C@H](C)c4ccccc4)CC3)CC2)CC1. The van der Waals surface area contributed by atoms with Crippen LogP contribution in [0.3, 0.4) is 0 Å². The Balaban J connectivity index is 1.15. The summed E-state index contributed by atoms with van der Waals surface area (Å²) in [5.41, 5.74) is 1.54. The zero-order chi connectivity index (χ0) is 20.8. The van der Waals surface area contributed by atoms with Crippen molar-refractivity contribution in [3.63, 3.8) is 0 Å². The molecule has 0 heterocycles. The molecule has 1 aromatic rings. The van der Waals surface area contributed by atoms with E-state index in [4.69, 9.17) is 4.74 Å². The van der Waals surface area contributed by atoms with Crippen LogP contribution in [0.4, 0.5) is 0 Å². The Hall–Kier alpha value is -0.820. The van der Waals surface area contributed by atoms with Gasteiger partial charge in [-0.2, -0.15) is 0 Å². The summed E-state index contributed by atoms with van der Waals surface area (Å²) >= 11 is 0. The molecule has 4 rings (SSSR count). The van der Waals surface area contributed by atoms with Crippen LogP contribution < -0.4 is 0 Å². The summed E-state index contributed by atoms with van der Waals surface area (Å²) in [6.45, 7) is 5.48. The fourth-order valence-corrected chi connectivity index (χ4v) is 7.36. The normalized spacial score (nSPS) is 36.3. The first-order valence-corrected chi connectivity index (χ1v) is 13.4. The molecule has 1 heteroatoms. The van der Waals surface area contributed by atoms with Gasteiger partial charge in [-0.1, -0.05) is 50.1 Å². The van der Waals surface area contributed by atoms with E-state index in [1.54, 1.807) is 0 Å². The average Bonchev–Trinajstić information content (AvgIpc) is 2.81. The summed E-state index contributed by atoms with van der Waals surface area (Å²) in [5, 5.41) is 0. The highest BCUT2D eigenvalue weighted by Crippen LogP contribution is 2.46. The van der Waals surface area contributed by atoms with E-state index in [0.717, 1.165) is 42.1 Å². The molecular formula is C29H46O. The number of benzene rings is 1. The molecule has 3 saturated carbocycles. The molecule has 3 aliphatic rings. The minimum absolute atomic E-state index is 0.572. The van der Waals surface area contributed by atoms with Gasteiger partial charge in [-0.15, -0.1) is 0 Å². The molecule has 0 N–H and O–H groups in total. The molecule has 1 atom stereocenters. The molecule has 0 radical (unpaired) electrons. The van der Waals surface area contributed by atoms with Crippen LogP contribution in [0.5, 0.6) is 0 Å². The van der Waals surface area contributed by atoms with Crippen LogP contribution in [0.1, 0.15) is 109 Å². The van der Waals surface area contributed by atoms with E-state index in [0.29, 0.717) is 6.10 Å². The van der Waals surface area contributed by atoms with Crippen molar-refractivity contribution in [2.24, 2.45) is 29.6 Å². The van der Waals surface area contributed by atoms with Gasteiger partial charge in [0, 0.05) is 6.61 Å². The zero-order valence-corrected chi connectivity index (χ0v) is 19.7. The molecule has 0 amide bonds. The molecule has 0 aromatic heterocycles. The van der Waals surface area contributed by atoms with Gasteiger partial charge in [0.15, 0.2) is 0 Å². The van der Waals surface area contributed by atoms with Crippen molar-refractivity contribution in [2.75, 3.05) is 6.61 Å². The van der Waals surface area contributed by atoms with Gasteiger partial charge in [0.1, 0.15) is 0 Å². The highest BCUT2D eigenvalue weighted by molar-refractivity contribution is 5.18. The van der Waals surface area contributed by atoms with Gasteiger partial charge in [-0.3, -0.25) is 0 Å². The average molecular weight is 411 g/mol. The first-order chi connectivity index (χ1) is 14.7. The lowest BCUT2D eigenvalue weighted by Crippen LogP contribution is -2.31. The van der Waals surface area contributed by atoms with Crippen LogP contribution in [-0.4, -0.2) is 12.7 Å². The topological polar surface area (TPSA) is 9.23 Å². The third kappa shape index (κ3) is 5.90. The van der Waals surface area contributed by atoms with Gasteiger partial charge in [0.25, 0.3) is 0 Å². The highest BCUT2D eigenvalue weighted by Gasteiger charge is 2.35. The van der Waals surface area contributed by atoms with Crippen LogP contribution in [0.25, 0.3) is 0 Å². The van der Waals surface area contributed by atoms with Crippen LogP contribution in [0, 0.1) is 29.6 Å². The van der Waals surface area contributed by atoms with Gasteiger partial charge in [-0.05, 0) is 119 Å². The number of hydrogen-bond donors (Lipinski definition) is 0. The van der Waals surface area contributed by atoms with Crippen molar-refractivity contribution >= 4 is 0 Å². The molecule has 1 nitrogen and oxygen atoms in total. The predicted octanol–water partition coefficient (Wildman–Crippen LogP) is 8.39. The third-order valence-electron chi connectivity index (χ3n) is 9.22. The van der Waals surface area contributed by atoms with Gasteiger partial charge in [0.05, 0.1) is 6.10 Å². The minimum atomic E-state index is 0.572. The molecule has 1 aromatic carbocycles. The smallest absolute Gasteiger partial charge is 0.0575 e. The van der Waals surface area contributed by atoms with Crippen molar-refractivity contribution in [3.8, 4) is 0 Å². The Kier molecular flexibility index (Phi) is 8.33. The van der Waals surface area contributed by atoms with Crippen LogP contribution in [-0.2, 0) is 4.74 Å². The van der Waals surface area contributed by atoms with Crippen molar-refractivity contribution in [1.29, 1.82) is 0 Å². The van der Waals surface area contributed by atoms with Gasteiger partial charge < -0.3 is 4.74 Å². The molecule has 3 aliphatic carbocycles. The summed E-state index contributed by atoms with van der Waals surface area (Å²) in [6.07, 6.45) is 19.6. The second-order valence-electron chi connectivity index (χ2n) is 11.0. The molecule has 0 unspecified atom stereocenters. The summed E-state index contributed by atoms with van der Waals surface area (Å²) in [4.78, 5) is 0. The number of hydrogen-bond acceptors (Lipinski definition) is 1. The van der Waals surface area contributed by atoms with E-state index < -0.39 is 0 Å². The lowest BCUT2D eigenvalue weighted by Gasteiger charge is -2.41. The fourth-order valence-electron chi connectivity index (χ4n) is 7.36. The van der Waals surface area contributed by atoms with E-state index in [-0.39, 0.29) is 0 Å². The van der Waals surface area contributed by atoms with Crippen molar-refractivity contribution in [3.05, 3.63) is 35.9 Å². The maximum atomic E-state index is 5.87. The molecule has 168 valence electrons. The van der Waals surface area contributed by atoms with Crippen molar-refractivity contribution < 1.29 is 4.74 Å². The second-order valence-corrected chi connectivity index (χ2v) is 11.0. The molecule has 3 fully saturated rings. The molecule has 0 spiro atoms. The minimum Gasteiger partial charge on any atom is -0.379 e. The molecule has 30 heavy (non-hydrogen) atoms. The van der Waals surface area contributed by atoms with E-state index in [1.165, 1.54) is 89.0 Å². The lowest BCUT2D eigenvalue weighted by molar-refractivity contribution is 0.0116. The standard InChI is InChI=1S/C29H46O/c1-3-30-29-19-17-28(18-20-29)27-15-13-26(14-16-27)25-11-9-23(10-12-25)21-22(2)24-7-5-4-6-8-24/h4-8,22-23,25-29H,3,9-21H2,1-2H3/t22-,23?,25?,26?,27?,28?,29?/m0/s1. The van der Waals surface area contributed by atoms with E-state index in [9.17, 15) is 0 Å². The monoisotopic (exact) mass is 410 g/mol. The third-order valence-corrected chi connectivity index (χ3v) is 9.22. The summed E-state index contributed by atoms with van der Waals surface area (Å²) in [6, 6.07) is 11.2. The largest absolute Gasteiger partial charge is 0.379 e. The fraction of sp³-hybridized carbons (Fsp3) is 0.793. The first-order valence-electron chi connectivity index (χ1n) is 13.4. The molecule has 0 bridgehead atoms. The predicted molar refractivity (Wildman–Crippen MR) is 128 cm³/mol. The first kappa shape index (κ1) is 22.4. The van der Waals surface area contributed by atoms with Gasteiger partial charge in [0.2, 0.25) is 0 Å². The second kappa shape index (κ2) is 11.2. The van der Waals surface area contributed by atoms with Gasteiger partial charge >= 0.3 is 0 Å². The summed E-state index contributed by atoms with van der Waals surface area (Å²) < 4.78 is 5.87. The number of rotatable bonds is 7. The van der Waals surface area contributed by atoms with Crippen LogP contribution >= 0.6 is 0 Å². The maximum absolute atomic E-state index is 5.87. The molecule has 0 aliphatic heterocycles. The summed E-state index contributed by atoms with van der Waals surface area (Å²) in [5.74, 6) is 5.83. The van der Waals surface area contributed by atoms with Gasteiger partial charge in [-0.25, -0.2) is 0 Å². The van der Waals surface area contributed by atoms with Crippen molar-refractivity contribution in [1.82, 2.24) is 0 Å². The Morgan fingerprint density at radius 2 is 1.17 bits per heavy atom. The summed E-state index contributed by atoms with van der Waals surface area (Å²) in [7, 11) is 0. The van der Waals surface area contributed by atoms with Crippen LogP contribution in [0.2, 0.25) is 0 Å². The highest BCUT2D eigenvalue weighted by atomic mass is 16.5. The molecule has 0 saturated heterocycles. The van der Waals surface area contributed by atoms with Crippen LogP contribution in [0.15, 0.2) is 30.3 Å². The quantitative estimate of drug-likeness (QED) is 0.438. The molecular weight excluding hydrogens is 364 g/mol. The Bertz CT molecular complexity index is 586. The number of ether oxygens (including phenoxy) is 1. The maximum Gasteiger partial charge on any atom is 0.0575 e. The Morgan fingerprint density at radius 1 is 0.700 bits per heavy atom. The Labute approximate surface area is 186 Å². The lowest BCUT2D eigenvalue weighted by atomic mass is 9.65.